The summed E-state index contributed by atoms with van der Waals surface area (Å²) >= 11 is 7.48. The highest BCUT2D eigenvalue weighted by Gasteiger charge is 2.10. The Morgan fingerprint density at radius 3 is 2.81 bits per heavy atom. The standard InChI is InChI=1S/C17H16ClN5O2S/c1-25-15-8-7-12(9-14(15)18)19-17(24)11-26-10-16-20-21-22-23(16)13-5-3-2-4-6-13/h2-9H,10-11H2,1H3,(H,19,24). The number of amides is 1. The van der Waals surface area contributed by atoms with Crippen molar-refractivity contribution in [3.63, 3.8) is 0 Å². The lowest BCUT2D eigenvalue weighted by atomic mass is 10.3. The highest BCUT2D eigenvalue weighted by molar-refractivity contribution is 7.99. The van der Waals surface area contributed by atoms with Crippen molar-refractivity contribution in [2.45, 2.75) is 5.75 Å². The predicted octanol–water partition coefficient (Wildman–Crippen LogP) is 3.20. The third kappa shape index (κ3) is 4.53. The minimum Gasteiger partial charge on any atom is -0.495 e. The number of nitrogens with zero attached hydrogens (tertiary/aromatic N) is 4. The maximum atomic E-state index is 12.1. The number of rotatable bonds is 7. The number of hydrogen-bond donors (Lipinski definition) is 1. The summed E-state index contributed by atoms with van der Waals surface area (Å²) < 4.78 is 6.75. The number of thioether (sulfide) groups is 1. The molecule has 1 aromatic heterocycles. The van der Waals surface area contributed by atoms with Crippen LogP contribution in [0.5, 0.6) is 5.75 Å². The fourth-order valence-electron chi connectivity index (χ4n) is 2.24. The van der Waals surface area contributed by atoms with Gasteiger partial charge in [-0.2, -0.15) is 4.68 Å². The molecule has 134 valence electrons. The van der Waals surface area contributed by atoms with Crippen LogP contribution in [0.1, 0.15) is 5.82 Å². The van der Waals surface area contributed by atoms with Crippen molar-refractivity contribution in [2.75, 3.05) is 18.2 Å². The summed E-state index contributed by atoms with van der Waals surface area (Å²) in [4.78, 5) is 12.1. The first-order valence-electron chi connectivity index (χ1n) is 7.71. The summed E-state index contributed by atoms with van der Waals surface area (Å²) in [5.41, 5.74) is 1.50. The molecule has 7 nitrogen and oxygen atoms in total. The van der Waals surface area contributed by atoms with E-state index >= 15 is 0 Å². The Hall–Kier alpha value is -2.58. The number of hydrogen-bond acceptors (Lipinski definition) is 6. The summed E-state index contributed by atoms with van der Waals surface area (Å²) in [6.07, 6.45) is 0. The fourth-order valence-corrected chi connectivity index (χ4v) is 3.22. The van der Waals surface area contributed by atoms with E-state index in [1.165, 1.54) is 11.8 Å². The molecule has 2 aromatic carbocycles. The van der Waals surface area contributed by atoms with Gasteiger partial charge in [-0.3, -0.25) is 4.79 Å². The molecule has 0 aliphatic carbocycles. The zero-order valence-electron chi connectivity index (χ0n) is 13.9. The van der Waals surface area contributed by atoms with Crippen LogP contribution in [0, 0.1) is 0 Å². The first-order chi connectivity index (χ1) is 12.7. The molecule has 1 heterocycles. The summed E-state index contributed by atoms with van der Waals surface area (Å²) in [5.74, 6) is 1.90. The molecule has 1 amide bonds. The number of benzene rings is 2. The Kier molecular flexibility index (Phi) is 6.08. The second kappa shape index (κ2) is 8.68. The van der Waals surface area contributed by atoms with Crippen LogP contribution in [0.2, 0.25) is 5.02 Å². The predicted molar refractivity (Wildman–Crippen MR) is 102 cm³/mol. The van der Waals surface area contributed by atoms with Crippen LogP contribution in [0.25, 0.3) is 5.69 Å². The zero-order valence-corrected chi connectivity index (χ0v) is 15.5. The second-order valence-electron chi connectivity index (χ2n) is 5.23. The van der Waals surface area contributed by atoms with Crippen molar-refractivity contribution in [1.82, 2.24) is 20.2 Å². The monoisotopic (exact) mass is 389 g/mol. The molecule has 0 bridgehead atoms. The molecule has 9 heteroatoms. The maximum Gasteiger partial charge on any atom is 0.234 e. The van der Waals surface area contributed by atoms with Crippen molar-refractivity contribution in [2.24, 2.45) is 0 Å². The Morgan fingerprint density at radius 1 is 1.27 bits per heavy atom. The molecule has 0 saturated heterocycles. The highest BCUT2D eigenvalue weighted by atomic mass is 35.5. The first-order valence-corrected chi connectivity index (χ1v) is 9.24. The van der Waals surface area contributed by atoms with Gasteiger partial charge in [-0.1, -0.05) is 29.8 Å². The summed E-state index contributed by atoms with van der Waals surface area (Å²) in [6.45, 7) is 0. The van der Waals surface area contributed by atoms with E-state index in [1.54, 1.807) is 30.0 Å². The highest BCUT2D eigenvalue weighted by Crippen LogP contribution is 2.27. The number of halogens is 1. The van der Waals surface area contributed by atoms with Crippen LogP contribution < -0.4 is 10.1 Å². The Balaban J connectivity index is 1.53. The number of carbonyl (C=O) groups is 1. The van der Waals surface area contributed by atoms with Gasteiger partial charge in [-0.05, 0) is 40.8 Å². The Morgan fingerprint density at radius 2 is 2.08 bits per heavy atom. The smallest absolute Gasteiger partial charge is 0.234 e. The third-order valence-corrected chi connectivity index (χ3v) is 4.66. The van der Waals surface area contributed by atoms with Gasteiger partial charge in [0.05, 0.1) is 29.3 Å². The molecule has 0 aliphatic rings. The number of carbonyl (C=O) groups excluding carboxylic acids is 1. The van der Waals surface area contributed by atoms with Gasteiger partial charge in [0.15, 0.2) is 5.82 Å². The lowest BCUT2D eigenvalue weighted by molar-refractivity contribution is -0.113. The molecule has 26 heavy (non-hydrogen) atoms. The number of anilines is 1. The Bertz CT molecular complexity index is 888. The van der Waals surface area contributed by atoms with Gasteiger partial charge in [0.1, 0.15) is 5.75 Å². The molecule has 3 aromatic rings. The number of para-hydroxylation sites is 1. The van der Waals surface area contributed by atoms with Crippen LogP contribution in [0.15, 0.2) is 48.5 Å². The molecule has 3 rings (SSSR count). The van der Waals surface area contributed by atoms with Crippen molar-refractivity contribution in [3.05, 3.63) is 59.4 Å². The minimum atomic E-state index is -0.130. The molecule has 0 saturated carbocycles. The first kappa shape index (κ1) is 18.2. The van der Waals surface area contributed by atoms with E-state index in [9.17, 15) is 4.79 Å². The van der Waals surface area contributed by atoms with Crippen LogP contribution in [0.4, 0.5) is 5.69 Å². The number of nitrogens with one attached hydrogen (secondary N) is 1. The molecule has 0 aliphatic heterocycles. The molecule has 1 N–H and O–H groups in total. The summed E-state index contributed by atoms with van der Waals surface area (Å²) in [7, 11) is 1.54. The van der Waals surface area contributed by atoms with Crippen molar-refractivity contribution >= 4 is 35.0 Å². The van der Waals surface area contributed by atoms with Crippen molar-refractivity contribution < 1.29 is 9.53 Å². The molecule has 0 atom stereocenters. The zero-order chi connectivity index (χ0) is 18.4. The third-order valence-electron chi connectivity index (χ3n) is 3.43. The lowest BCUT2D eigenvalue weighted by Gasteiger charge is -2.08. The van der Waals surface area contributed by atoms with Crippen LogP contribution >= 0.6 is 23.4 Å². The quantitative estimate of drug-likeness (QED) is 0.668. The van der Waals surface area contributed by atoms with Gasteiger partial charge in [0, 0.05) is 5.69 Å². The van der Waals surface area contributed by atoms with Crippen molar-refractivity contribution in [3.8, 4) is 11.4 Å². The van der Waals surface area contributed by atoms with E-state index in [1.807, 2.05) is 30.3 Å². The van der Waals surface area contributed by atoms with Gasteiger partial charge in [0.25, 0.3) is 0 Å². The van der Waals surface area contributed by atoms with E-state index < -0.39 is 0 Å². The van der Waals surface area contributed by atoms with Gasteiger partial charge >= 0.3 is 0 Å². The molecular weight excluding hydrogens is 374 g/mol. The van der Waals surface area contributed by atoms with Crippen LogP contribution in [0.3, 0.4) is 0 Å². The number of ether oxygens (including phenoxy) is 1. The average molecular weight is 390 g/mol. The number of tetrazole rings is 1. The average Bonchev–Trinajstić information content (AvgIpc) is 3.11. The minimum absolute atomic E-state index is 0.130. The number of methoxy groups -OCH3 is 1. The van der Waals surface area contributed by atoms with E-state index in [2.05, 4.69) is 20.8 Å². The molecule has 0 radical (unpaired) electrons. The second-order valence-corrected chi connectivity index (χ2v) is 6.63. The SMILES string of the molecule is COc1ccc(NC(=O)CSCc2nnnn2-c2ccccc2)cc1Cl. The molecular formula is C17H16ClN5O2S. The molecule has 0 unspecified atom stereocenters. The molecule has 0 spiro atoms. The van der Waals surface area contributed by atoms with E-state index in [-0.39, 0.29) is 11.7 Å². The summed E-state index contributed by atoms with van der Waals surface area (Å²) in [6, 6.07) is 14.7. The van der Waals surface area contributed by atoms with E-state index in [0.29, 0.717) is 28.0 Å². The van der Waals surface area contributed by atoms with Crippen LogP contribution in [-0.4, -0.2) is 39.0 Å². The van der Waals surface area contributed by atoms with E-state index in [0.717, 1.165) is 5.69 Å². The van der Waals surface area contributed by atoms with Gasteiger partial charge in [0.2, 0.25) is 5.91 Å². The molecule has 0 fully saturated rings. The number of aromatic nitrogens is 4. The van der Waals surface area contributed by atoms with E-state index in [4.69, 9.17) is 16.3 Å². The topological polar surface area (TPSA) is 81.9 Å². The largest absolute Gasteiger partial charge is 0.495 e. The lowest BCUT2D eigenvalue weighted by Crippen LogP contribution is -2.14. The normalized spacial score (nSPS) is 10.5. The fraction of sp³-hybridized carbons (Fsp3) is 0.176. The van der Waals surface area contributed by atoms with Gasteiger partial charge in [-0.15, -0.1) is 16.9 Å². The van der Waals surface area contributed by atoms with Gasteiger partial charge in [-0.25, -0.2) is 0 Å². The Labute approximate surface area is 159 Å². The van der Waals surface area contributed by atoms with Gasteiger partial charge < -0.3 is 10.1 Å². The van der Waals surface area contributed by atoms with Crippen molar-refractivity contribution in [1.29, 1.82) is 0 Å². The summed E-state index contributed by atoms with van der Waals surface area (Å²) in [5, 5.41) is 15.0. The van der Waals surface area contributed by atoms with Crippen LogP contribution in [-0.2, 0) is 10.5 Å². The maximum absolute atomic E-state index is 12.1.